The molecule has 11 heavy (non-hydrogen) atoms. The minimum Gasteiger partial charge on any atom is -0.767 e. The van der Waals surface area contributed by atoms with Crippen molar-refractivity contribution in [1.82, 2.24) is 4.98 Å². The second kappa shape index (κ2) is 3.21. The Labute approximate surface area is 69.6 Å². The van der Waals surface area contributed by atoms with Crippen LogP contribution in [-0.2, 0) is 11.1 Å². The number of nitrogens with zero attached hydrogens (tertiary/aromatic N) is 1. The van der Waals surface area contributed by atoms with Crippen LogP contribution in [0.3, 0.4) is 0 Å². The van der Waals surface area contributed by atoms with Gasteiger partial charge in [-0.05, 0) is 0 Å². The van der Waals surface area contributed by atoms with Crippen LogP contribution in [0.5, 0.6) is 0 Å². The van der Waals surface area contributed by atoms with Gasteiger partial charge >= 0.3 is 0 Å². The van der Waals surface area contributed by atoms with Crippen LogP contribution in [0.1, 0.15) is 17.4 Å². The van der Waals surface area contributed by atoms with E-state index in [1.54, 1.807) is 0 Å². The molecule has 1 aromatic rings. The number of aromatic nitrogens is 1. The van der Waals surface area contributed by atoms with Crippen molar-refractivity contribution >= 4 is 28.2 Å². The number of hydrogen-bond donors (Lipinski definition) is 0. The van der Waals surface area contributed by atoms with Gasteiger partial charge < -0.3 is 4.55 Å². The monoisotopic (exact) mass is 190 g/mol. The molecule has 1 atom stereocenters. The molecule has 6 heteroatoms. The van der Waals surface area contributed by atoms with E-state index in [1.165, 1.54) is 12.3 Å². The summed E-state index contributed by atoms with van der Waals surface area (Å²) in [4.78, 5) is 14.2. The van der Waals surface area contributed by atoms with Gasteiger partial charge in [-0.3, -0.25) is 9.00 Å². The third-order valence-electron chi connectivity index (χ3n) is 0.986. The maximum absolute atomic E-state index is 10.6. The van der Waals surface area contributed by atoms with Crippen molar-refractivity contribution in [2.24, 2.45) is 0 Å². The lowest BCUT2D eigenvalue weighted by Crippen LogP contribution is -1.93. The predicted molar refractivity (Wildman–Crippen MR) is 39.3 cm³/mol. The predicted octanol–water partition coefficient (Wildman–Crippen LogP) is 0.584. The summed E-state index contributed by atoms with van der Waals surface area (Å²) in [5.41, 5.74) is 0.203. The van der Waals surface area contributed by atoms with E-state index in [0.717, 1.165) is 11.3 Å². The molecule has 0 spiro atoms. The van der Waals surface area contributed by atoms with Crippen LogP contribution in [0.15, 0.2) is 9.72 Å². The smallest absolute Gasteiger partial charge is 0.179 e. The molecule has 0 aromatic carbocycles. The van der Waals surface area contributed by atoms with Crippen LogP contribution in [0.2, 0.25) is 0 Å². The quantitative estimate of drug-likeness (QED) is 0.505. The minimum absolute atomic E-state index is 0.0461. The Morgan fingerprint density at radius 1 is 1.82 bits per heavy atom. The van der Waals surface area contributed by atoms with Crippen molar-refractivity contribution in [3.05, 3.63) is 11.1 Å². The highest BCUT2D eigenvalue weighted by Crippen LogP contribution is 2.12. The molecule has 0 aliphatic heterocycles. The molecule has 0 aliphatic rings. The molecule has 1 aromatic heterocycles. The maximum Gasteiger partial charge on any atom is 0.179 e. The Balaban J connectivity index is 2.99. The normalized spacial score (nSPS) is 12.9. The Kier molecular flexibility index (Phi) is 2.48. The lowest BCUT2D eigenvalue weighted by Gasteiger charge is -1.95. The minimum atomic E-state index is -2.32. The lowest BCUT2D eigenvalue weighted by molar-refractivity contribution is 0.101. The van der Waals surface area contributed by atoms with Crippen LogP contribution < -0.4 is 0 Å². The first-order valence-corrected chi connectivity index (χ1v) is 4.62. The van der Waals surface area contributed by atoms with Crippen LogP contribution in [0.4, 0.5) is 0 Å². The first-order valence-electron chi connectivity index (χ1n) is 2.67. The summed E-state index contributed by atoms with van der Waals surface area (Å²) >= 11 is -1.38. The van der Waals surface area contributed by atoms with Crippen molar-refractivity contribution in [2.45, 2.75) is 11.3 Å². The molecule has 0 bridgehead atoms. The zero-order valence-electron chi connectivity index (χ0n) is 5.57. The molecule has 1 heterocycles. The van der Waals surface area contributed by atoms with Gasteiger partial charge in [0, 0.05) is 23.4 Å². The Hall–Kier alpha value is -0.590. The average molecular weight is 190 g/mol. The highest BCUT2D eigenvalue weighted by atomic mass is 32.2. The molecule has 0 amide bonds. The van der Waals surface area contributed by atoms with Crippen LogP contribution in [0, 0.1) is 0 Å². The van der Waals surface area contributed by atoms with Crippen LogP contribution in [-0.4, -0.2) is 19.5 Å². The molecule has 1 unspecified atom stereocenters. The third-order valence-corrected chi connectivity index (χ3v) is 2.69. The number of ketones is 1. The molecule has 0 fully saturated rings. The van der Waals surface area contributed by atoms with E-state index in [0.29, 0.717) is 0 Å². The van der Waals surface area contributed by atoms with Crippen LogP contribution >= 0.6 is 11.3 Å². The van der Waals surface area contributed by atoms with Gasteiger partial charge in [0.1, 0.15) is 5.69 Å². The zero-order chi connectivity index (χ0) is 8.43. The summed E-state index contributed by atoms with van der Waals surface area (Å²) in [5, 5.41) is 1.42. The number of carbonyl (C=O) groups is 1. The van der Waals surface area contributed by atoms with E-state index < -0.39 is 11.1 Å². The van der Waals surface area contributed by atoms with E-state index in [-0.39, 0.29) is 15.8 Å². The fraction of sp³-hybridized carbons (Fsp3) is 0.200. The van der Waals surface area contributed by atoms with Crippen LogP contribution in [0.25, 0.3) is 0 Å². The average Bonchev–Trinajstić information content (AvgIpc) is 2.33. The number of hydrogen-bond acceptors (Lipinski definition) is 5. The fourth-order valence-electron chi connectivity index (χ4n) is 0.496. The molecule has 0 saturated carbocycles. The van der Waals surface area contributed by atoms with Crippen molar-refractivity contribution in [3.63, 3.8) is 0 Å². The highest BCUT2D eigenvalue weighted by Gasteiger charge is 2.05. The van der Waals surface area contributed by atoms with Gasteiger partial charge in [0.15, 0.2) is 10.1 Å². The number of carbonyl (C=O) groups excluding carboxylic acids is 1. The van der Waals surface area contributed by atoms with E-state index >= 15 is 0 Å². The molecule has 60 valence electrons. The van der Waals surface area contributed by atoms with Crippen molar-refractivity contribution in [2.75, 3.05) is 0 Å². The third kappa shape index (κ3) is 1.92. The SMILES string of the molecule is CC(=O)c1csc(S(=O)[O-])n1. The first-order chi connectivity index (χ1) is 5.11. The molecular formula is C5H4NO3S2-. The molecule has 0 radical (unpaired) electrons. The van der Waals surface area contributed by atoms with E-state index in [9.17, 15) is 13.6 Å². The summed E-state index contributed by atoms with van der Waals surface area (Å²) in [7, 11) is 0. The van der Waals surface area contributed by atoms with Gasteiger partial charge in [-0.1, -0.05) is 0 Å². The maximum atomic E-state index is 10.6. The Morgan fingerprint density at radius 2 is 2.45 bits per heavy atom. The van der Waals surface area contributed by atoms with Gasteiger partial charge in [0.05, 0.1) is 0 Å². The largest absolute Gasteiger partial charge is 0.767 e. The van der Waals surface area contributed by atoms with Gasteiger partial charge in [0.2, 0.25) is 0 Å². The van der Waals surface area contributed by atoms with Gasteiger partial charge in [-0.2, -0.15) is 0 Å². The number of rotatable bonds is 2. The van der Waals surface area contributed by atoms with Gasteiger partial charge in [0.25, 0.3) is 0 Å². The Bertz CT molecular complexity index is 278. The van der Waals surface area contributed by atoms with Gasteiger partial charge in [-0.25, -0.2) is 4.98 Å². The summed E-state index contributed by atoms with van der Waals surface area (Å²) in [6.45, 7) is 1.34. The summed E-state index contributed by atoms with van der Waals surface area (Å²) in [6, 6.07) is 0. The van der Waals surface area contributed by atoms with Crippen molar-refractivity contribution in [3.8, 4) is 0 Å². The molecule has 0 saturated heterocycles. The number of thiazole rings is 1. The van der Waals surface area contributed by atoms with Gasteiger partial charge in [-0.15, -0.1) is 11.3 Å². The standard InChI is InChI=1S/C5H5NO3S2/c1-3(7)4-2-10-5(6-4)11(8)9/h2H,1H3,(H,8,9)/p-1. The lowest BCUT2D eigenvalue weighted by atomic mass is 10.4. The summed E-state index contributed by atoms with van der Waals surface area (Å²) < 4.78 is 20.5. The zero-order valence-corrected chi connectivity index (χ0v) is 7.20. The molecular weight excluding hydrogens is 186 g/mol. The number of Topliss-reactive ketones (excluding diaryl/α,β-unsaturated/α-hetero) is 1. The van der Waals surface area contributed by atoms with E-state index in [1.807, 2.05) is 0 Å². The van der Waals surface area contributed by atoms with E-state index in [4.69, 9.17) is 0 Å². The second-order valence-corrected chi connectivity index (χ2v) is 3.76. The molecule has 0 N–H and O–H groups in total. The molecule has 1 rings (SSSR count). The molecule has 4 nitrogen and oxygen atoms in total. The van der Waals surface area contributed by atoms with Crippen molar-refractivity contribution < 1.29 is 13.6 Å². The van der Waals surface area contributed by atoms with Crippen molar-refractivity contribution in [1.29, 1.82) is 0 Å². The molecule has 0 aliphatic carbocycles. The fourth-order valence-corrected chi connectivity index (χ4v) is 1.71. The Morgan fingerprint density at radius 3 is 2.73 bits per heavy atom. The topological polar surface area (TPSA) is 70.1 Å². The summed E-state index contributed by atoms with van der Waals surface area (Å²) in [6.07, 6.45) is 0. The highest BCUT2D eigenvalue weighted by molar-refractivity contribution is 7.81. The summed E-state index contributed by atoms with van der Waals surface area (Å²) in [5.74, 6) is -0.224. The second-order valence-electron chi connectivity index (χ2n) is 1.79. The first kappa shape index (κ1) is 8.51. The van der Waals surface area contributed by atoms with E-state index in [2.05, 4.69) is 4.98 Å².